The molecule has 7 nitrogen and oxygen atoms in total. The van der Waals surface area contributed by atoms with E-state index in [9.17, 15) is 14.4 Å². The summed E-state index contributed by atoms with van der Waals surface area (Å²) in [6.45, 7) is 3.31. The number of hydrogen-bond donors (Lipinski definition) is 2. The quantitative estimate of drug-likeness (QED) is 0.708. The van der Waals surface area contributed by atoms with Gasteiger partial charge in [-0.2, -0.15) is 0 Å². The van der Waals surface area contributed by atoms with E-state index in [1.807, 2.05) is 6.92 Å². The van der Waals surface area contributed by atoms with Gasteiger partial charge in [-0.15, -0.1) is 0 Å². The van der Waals surface area contributed by atoms with Gasteiger partial charge in [0, 0.05) is 19.5 Å². The largest absolute Gasteiger partial charge is 0.480 e. The van der Waals surface area contributed by atoms with Crippen molar-refractivity contribution in [3.63, 3.8) is 0 Å². The Hall–Kier alpha value is -1.79. The van der Waals surface area contributed by atoms with Crippen molar-refractivity contribution in [2.45, 2.75) is 32.2 Å². The van der Waals surface area contributed by atoms with Crippen LogP contribution < -0.4 is 5.32 Å². The number of hydrogen-bond acceptors (Lipinski definition) is 4. The molecule has 1 unspecified atom stereocenters. The van der Waals surface area contributed by atoms with Crippen molar-refractivity contribution >= 4 is 18.0 Å². The summed E-state index contributed by atoms with van der Waals surface area (Å²) in [7, 11) is 1.24. The molecule has 1 aliphatic heterocycles. The third-order valence-corrected chi connectivity index (χ3v) is 3.17. The molecule has 1 aliphatic rings. The van der Waals surface area contributed by atoms with Crippen LogP contribution in [0.15, 0.2) is 0 Å². The number of esters is 1. The zero-order valence-electron chi connectivity index (χ0n) is 11.2. The van der Waals surface area contributed by atoms with Crippen molar-refractivity contribution in [1.82, 2.24) is 10.2 Å². The highest BCUT2D eigenvalue weighted by Crippen LogP contribution is 2.15. The predicted molar refractivity (Wildman–Crippen MR) is 66.6 cm³/mol. The van der Waals surface area contributed by atoms with Crippen molar-refractivity contribution in [2.24, 2.45) is 5.92 Å². The Labute approximate surface area is 111 Å². The number of likely N-dealkylation sites (tertiary alicyclic amines) is 1. The molecule has 0 saturated carbocycles. The van der Waals surface area contributed by atoms with E-state index in [1.54, 1.807) is 4.90 Å². The van der Waals surface area contributed by atoms with Gasteiger partial charge in [-0.25, -0.2) is 9.59 Å². The molecule has 2 N–H and O–H groups in total. The van der Waals surface area contributed by atoms with E-state index in [1.165, 1.54) is 7.11 Å². The number of urea groups is 1. The Balaban J connectivity index is 2.46. The molecule has 2 atom stereocenters. The van der Waals surface area contributed by atoms with Crippen LogP contribution in [-0.2, 0) is 14.3 Å². The normalized spacial score (nSPS) is 19.9. The summed E-state index contributed by atoms with van der Waals surface area (Å²) >= 11 is 0. The standard InChI is InChI=1S/C12H20N2O5/c1-8-5-6-14(7-8)12(18)13-9(11(16)17)3-4-10(15)19-2/h8-9H,3-7H2,1-2H3,(H,13,18)(H,16,17)/t8?,9-/m0/s1. The fraction of sp³-hybridized carbons (Fsp3) is 0.750. The number of rotatable bonds is 5. The molecule has 0 aromatic carbocycles. The summed E-state index contributed by atoms with van der Waals surface area (Å²) in [6, 6.07) is -1.45. The minimum atomic E-state index is -1.15. The summed E-state index contributed by atoms with van der Waals surface area (Å²) in [5.74, 6) is -1.20. The van der Waals surface area contributed by atoms with Gasteiger partial charge in [0.1, 0.15) is 6.04 Å². The smallest absolute Gasteiger partial charge is 0.326 e. The Morgan fingerprint density at radius 3 is 2.63 bits per heavy atom. The summed E-state index contributed by atoms with van der Waals surface area (Å²) in [5.41, 5.74) is 0. The van der Waals surface area contributed by atoms with Crippen molar-refractivity contribution in [3.05, 3.63) is 0 Å². The van der Waals surface area contributed by atoms with Crippen LogP contribution in [0.5, 0.6) is 0 Å². The molecule has 1 saturated heterocycles. The lowest BCUT2D eigenvalue weighted by atomic mass is 10.1. The maximum Gasteiger partial charge on any atom is 0.326 e. The Morgan fingerprint density at radius 2 is 2.16 bits per heavy atom. The van der Waals surface area contributed by atoms with Crippen LogP contribution in [0.1, 0.15) is 26.2 Å². The van der Waals surface area contributed by atoms with Crippen LogP contribution in [0, 0.1) is 5.92 Å². The number of methoxy groups -OCH3 is 1. The topological polar surface area (TPSA) is 95.9 Å². The van der Waals surface area contributed by atoms with E-state index in [2.05, 4.69) is 10.1 Å². The lowest BCUT2D eigenvalue weighted by Crippen LogP contribution is -2.47. The molecule has 1 heterocycles. The number of carboxylic acid groups (broad SMARTS) is 1. The van der Waals surface area contributed by atoms with E-state index in [-0.39, 0.29) is 18.9 Å². The Bertz CT molecular complexity index is 358. The molecule has 0 radical (unpaired) electrons. The highest BCUT2D eigenvalue weighted by molar-refractivity contribution is 5.83. The van der Waals surface area contributed by atoms with Crippen LogP contribution in [0.2, 0.25) is 0 Å². The maximum atomic E-state index is 11.9. The van der Waals surface area contributed by atoms with E-state index < -0.39 is 18.0 Å². The molecule has 2 amide bonds. The second-order valence-electron chi connectivity index (χ2n) is 4.79. The van der Waals surface area contributed by atoms with E-state index in [4.69, 9.17) is 5.11 Å². The summed E-state index contributed by atoms with van der Waals surface area (Å²) in [4.78, 5) is 35.5. The van der Waals surface area contributed by atoms with Gasteiger partial charge in [-0.3, -0.25) is 4.79 Å². The third-order valence-electron chi connectivity index (χ3n) is 3.17. The molecule has 1 rings (SSSR count). The van der Waals surface area contributed by atoms with Gasteiger partial charge in [0.05, 0.1) is 7.11 Å². The summed E-state index contributed by atoms with van der Waals surface area (Å²) in [6.07, 6.45) is 0.911. The van der Waals surface area contributed by atoms with E-state index in [0.29, 0.717) is 19.0 Å². The van der Waals surface area contributed by atoms with Gasteiger partial charge < -0.3 is 20.1 Å². The molecule has 0 bridgehead atoms. The number of amides is 2. The summed E-state index contributed by atoms with van der Waals surface area (Å²) in [5, 5.41) is 11.5. The number of nitrogens with zero attached hydrogens (tertiary/aromatic N) is 1. The lowest BCUT2D eigenvalue weighted by molar-refractivity contribution is -0.142. The minimum absolute atomic E-state index is 0.0249. The van der Waals surface area contributed by atoms with Crippen molar-refractivity contribution < 1.29 is 24.2 Å². The fourth-order valence-corrected chi connectivity index (χ4v) is 1.98. The molecule has 1 fully saturated rings. The van der Waals surface area contributed by atoms with Gasteiger partial charge >= 0.3 is 18.0 Å². The summed E-state index contributed by atoms with van der Waals surface area (Å²) < 4.78 is 4.44. The number of carbonyl (C=O) groups is 3. The highest BCUT2D eigenvalue weighted by Gasteiger charge is 2.27. The first-order valence-corrected chi connectivity index (χ1v) is 6.29. The first-order valence-electron chi connectivity index (χ1n) is 6.29. The van der Waals surface area contributed by atoms with Crippen LogP contribution in [-0.4, -0.2) is 54.2 Å². The monoisotopic (exact) mass is 272 g/mol. The second-order valence-corrected chi connectivity index (χ2v) is 4.79. The molecule has 0 aromatic heterocycles. The molecule has 0 aliphatic carbocycles. The molecule has 0 spiro atoms. The number of carbonyl (C=O) groups excluding carboxylic acids is 2. The molecule has 0 aromatic rings. The SMILES string of the molecule is COC(=O)CC[C@H](NC(=O)N1CCC(C)C1)C(=O)O. The third kappa shape index (κ3) is 4.76. The second kappa shape index (κ2) is 6.96. The van der Waals surface area contributed by atoms with Crippen molar-refractivity contribution in [3.8, 4) is 0 Å². The lowest BCUT2D eigenvalue weighted by Gasteiger charge is -2.20. The van der Waals surface area contributed by atoms with Gasteiger partial charge in [0.15, 0.2) is 0 Å². The Kier molecular flexibility index (Phi) is 5.59. The van der Waals surface area contributed by atoms with Crippen LogP contribution >= 0.6 is 0 Å². The predicted octanol–water partition coefficient (Wildman–Crippen LogP) is 0.444. The van der Waals surface area contributed by atoms with Crippen LogP contribution in [0.25, 0.3) is 0 Å². The highest BCUT2D eigenvalue weighted by atomic mass is 16.5. The average Bonchev–Trinajstić information content (AvgIpc) is 2.80. The molecule has 19 heavy (non-hydrogen) atoms. The Morgan fingerprint density at radius 1 is 1.47 bits per heavy atom. The number of nitrogens with one attached hydrogen (secondary N) is 1. The number of ether oxygens (including phenoxy) is 1. The fourth-order valence-electron chi connectivity index (χ4n) is 1.98. The van der Waals surface area contributed by atoms with Crippen LogP contribution in [0.4, 0.5) is 4.79 Å². The van der Waals surface area contributed by atoms with Gasteiger partial charge in [0.2, 0.25) is 0 Å². The van der Waals surface area contributed by atoms with Gasteiger partial charge in [-0.1, -0.05) is 6.92 Å². The van der Waals surface area contributed by atoms with Crippen molar-refractivity contribution in [2.75, 3.05) is 20.2 Å². The molecule has 7 heteroatoms. The number of aliphatic carboxylic acids is 1. The van der Waals surface area contributed by atoms with Gasteiger partial charge in [-0.05, 0) is 18.8 Å². The average molecular weight is 272 g/mol. The molecular weight excluding hydrogens is 252 g/mol. The first kappa shape index (κ1) is 15.3. The van der Waals surface area contributed by atoms with E-state index >= 15 is 0 Å². The zero-order chi connectivity index (χ0) is 14.4. The van der Waals surface area contributed by atoms with Crippen LogP contribution in [0.3, 0.4) is 0 Å². The van der Waals surface area contributed by atoms with E-state index in [0.717, 1.165) is 6.42 Å². The number of carboxylic acids is 1. The van der Waals surface area contributed by atoms with Crippen molar-refractivity contribution in [1.29, 1.82) is 0 Å². The maximum absolute atomic E-state index is 11.9. The first-order chi connectivity index (χ1) is 8.93. The molecule has 108 valence electrons. The van der Waals surface area contributed by atoms with Gasteiger partial charge in [0.25, 0.3) is 0 Å². The zero-order valence-corrected chi connectivity index (χ0v) is 11.2. The molecular formula is C12H20N2O5. The minimum Gasteiger partial charge on any atom is -0.480 e.